The summed E-state index contributed by atoms with van der Waals surface area (Å²) in [6.07, 6.45) is 5.06. The van der Waals surface area contributed by atoms with Gasteiger partial charge in [0.2, 0.25) is 5.91 Å². The van der Waals surface area contributed by atoms with Gasteiger partial charge in [-0.2, -0.15) is 0 Å². The van der Waals surface area contributed by atoms with Gasteiger partial charge < -0.3 is 4.74 Å². The molecule has 1 atom stereocenters. The minimum absolute atomic E-state index is 0.121. The Hall–Kier alpha value is -1.88. The highest BCUT2D eigenvalue weighted by Crippen LogP contribution is 2.46. The maximum atomic E-state index is 12.5. The van der Waals surface area contributed by atoms with E-state index in [9.17, 15) is 9.59 Å². The number of halogens is 1. The minimum atomic E-state index is -0.203. The minimum Gasteiger partial charge on any atom is -0.469 e. The number of hydrogen-bond donors (Lipinski definition) is 0. The van der Waals surface area contributed by atoms with E-state index in [1.807, 2.05) is 30.5 Å². The van der Waals surface area contributed by atoms with Crippen molar-refractivity contribution < 1.29 is 14.3 Å². The summed E-state index contributed by atoms with van der Waals surface area (Å²) in [6.45, 7) is 2.13. The molecule has 1 aromatic heterocycles. The van der Waals surface area contributed by atoms with Gasteiger partial charge in [0.05, 0.1) is 7.11 Å². The molecular weight excluding hydrogens is 382 g/mol. The van der Waals surface area contributed by atoms with Crippen molar-refractivity contribution in [2.45, 2.75) is 44.4 Å². The summed E-state index contributed by atoms with van der Waals surface area (Å²) in [7, 11) is 1.42. The zero-order chi connectivity index (χ0) is 18.0. The second-order valence-electron chi connectivity index (χ2n) is 6.53. The average molecular weight is 404 g/mol. The molecule has 3 rings (SSSR count). The summed E-state index contributed by atoms with van der Waals surface area (Å²) in [4.78, 5) is 24.2. The first-order chi connectivity index (χ1) is 12.0. The fourth-order valence-corrected chi connectivity index (χ4v) is 4.37. The molecule has 132 valence electrons. The van der Waals surface area contributed by atoms with Gasteiger partial charge in [-0.05, 0) is 37.0 Å². The van der Waals surface area contributed by atoms with Crippen molar-refractivity contribution in [2.24, 2.45) is 0 Å². The molecule has 0 aliphatic carbocycles. The number of nitrogens with zero attached hydrogens (tertiary/aromatic N) is 1. The van der Waals surface area contributed by atoms with Gasteiger partial charge in [0.15, 0.2) is 0 Å². The van der Waals surface area contributed by atoms with Crippen LogP contribution >= 0.6 is 15.9 Å². The van der Waals surface area contributed by atoms with Crippen LogP contribution in [-0.4, -0.2) is 23.6 Å². The third kappa shape index (κ3) is 3.17. The fraction of sp³-hybridized carbons (Fsp3) is 0.400. The molecule has 0 amide bonds. The van der Waals surface area contributed by atoms with E-state index in [1.165, 1.54) is 7.11 Å². The first kappa shape index (κ1) is 17.9. The number of carbonyl (C=O) groups excluding carboxylic acids is 2. The summed E-state index contributed by atoms with van der Waals surface area (Å²) in [6, 6.07) is 10.1. The molecule has 1 aromatic carbocycles. The van der Waals surface area contributed by atoms with Gasteiger partial charge >= 0.3 is 5.97 Å². The van der Waals surface area contributed by atoms with E-state index in [4.69, 9.17) is 4.74 Å². The highest BCUT2D eigenvalue weighted by Gasteiger charge is 2.40. The van der Waals surface area contributed by atoms with E-state index in [-0.39, 0.29) is 17.3 Å². The van der Waals surface area contributed by atoms with E-state index in [1.54, 1.807) is 4.57 Å². The van der Waals surface area contributed by atoms with Crippen molar-refractivity contribution in [1.29, 1.82) is 0 Å². The van der Waals surface area contributed by atoms with Gasteiger partial charge in [0.1, 0.15) is 0 Å². The lowest BCUT2D eigenvalue weighted by atomic mass is 9.70. The van der Waals surface area contributed by atoms with Gasteiger partial charge in [0, 0.05) is 40.2 Å². The molecule has 25 heavy (non-hydrogen) atoms. The molecule has 4 nitrogen and oxygen atoms in total. The molecule has 0 fully saturated rings. The summed E-state index contributed by atoms with van der Waals surface area (Å²) >= 11 is 3.63. The lowest BCUT2D eigenvalue weighted by Crippen LogP contribution is -2.37. The molecule has 0 saturated carbocycles. The average Bonchev–Trinajstić information content (AvgIpc) is 3.08. The number of carbonyl (C=O) groups is 2. The molecule has 1 aliphatic heterocycles. The summed E-state index contributed by atoms with van der Waals surface area (Å²) in [5.74, 6) is -0.0827. The van der Waals surface area contributed by atoms with Crippen LogP contribution in [0.2, 0.25) is 0 Å². The first-order valence-electron chi connectivity index (χ1n) is 8.59. The predicted molar refractivity (Wildman–Crippen MR) is 101 cm³/mol. The zero-order valence-electron chi connectivity index (χ0n) is 14.5. The molecule has 0 radical (unpaired) electrons. The van der Waals surface area contributed by atoms with Gasteiger partial charge in [-0.25, -0.2) is 0 Å². The maximum absolute atomic E-state index is 12.5. The van der Waals surface area contributed by atoms with Gasteiger partial charge in [0.25, 0.3) is 0 Å². The van der Waals surface area contributed by atoms with Crippen molar-refractivity contribution in [1.82, 2.24) is 4.57 Å². The topological polar surface area (TPSA) is 48.3 Å². The summed E-state index contributed by atoms with van der Waals surface area (Å²) in [5, 5.41) is 0. The Labute approximate surface area is 156 Å². The van der Waals surface area contributed by atoms with E-state index >= 15 is 0 Å². The van der Waals surface area contributed by atoms with Crippen LogP contribution in [0, 0.1) is 0 Å². The lowest BCUT2D eigenvalue weighted by Gasteiger charge is -2.38. The molecule has 0 bridgehead atoms. The standard InChI is InChI=1S/C20H22BrNO3/c1-3-20(12-9-18(24)25-2)11-8-17(23)22-13-10-15(19(20)22)14-6-4-5-7-16(14)21/h4-7,10,13H,3,8-9,11-12H2,1-2H3/t20-/m1/s1. The van der Waals surface area contributed by atoms with Crippen LogP contribution in [0.25, 0.3) is 11.1 Å². The molecule has 2 aromatic rings. The Morgan fingerprint density at radius 2 is 2.04 bits per heavy atom. The first-order valence-corrected chi connectivity index (χ1v) is 9.38. The van der Waals surface area contributed by atoms with Crippen LogP contribution in [0.4, 0.5) is 0 Å². The number of fused-ring (bicyclic) bond motifs is 1. The third-order valence-electron chi connectivity index (χ3n) is 5.35. The molecule has 0 saturated heterocycles. The van der Waals surface area contributed by atoms with Crippen molar-refractivity contribution in [3.05, 3.63) is 46.7 Å². The van der Waals surface area contributed by atoms with Crippen molar-refractivity contribution in [2.75, 3.05) is 7.11 Å². The molecule has 1 aliphatic rings. The number of rotatable bonds is 5. The van der Waals surface area contributed by atoms with E-state index in [0.29, 0.717) is 19.3 Å². The molecular formula is C20H22BrNO3. The second-order valence-corrected chi connectivity index (χ2v) is 7.39. The Balaban J connectivity index is 2.13. The molecule has 5 heteroatoms. The van der Waals surface area contributed by atoms with Crippen molar-refractivity contribution in [3.8, 4) is 11.1 Å². The number of ether oxygens (including phenoxy) is 1. The number of aromatic nitrogens is 1. The van der Waals surface area contributed by atoms with Crippen LogP contribution in [0.3, 0.4) is 0 Å². The number of esters is 1. The number of benzene rings is 1. The Morgan fingerprint density at radius 3 is 2.72 bits per heavy atom. The van der Waals surface area contributed by atoms with Crippen LogP contribution < -0.4 is 0 Å². The van der Waals surface area contributed by atoms with Crippen molar-refractivity contribution in [3.63, 3.8) is 0 Å². The van der Waals surface area contributed by atoms with Crippen molar-refractivity contribution >= 4 is 27.8 Å². The highest BCUT2D eigenvalue weighted by molar-refractivity contribution is 9.10. The highest BCUT2D eigenvalue weighted by atomic mass is 79.9. The molecule has 0 N–H and O–H groups in total. The Kier molecular flexibility index (Phi) is 5.13. The SMILES string of the molecule is CC[C@]1(CCC(=O)OC)CCC(=O)n2ccc(-c3ccccc3Br)c21. The van der Waals surface area contributed by atoms with Gasteiger partial charge in [-0.3, -0.25) is 14.2 Å². The molecule has 0 spiro atoms. The van der Waals surface area contributed by atoms with Crippen LogP contribution in [0.1, 0.15) is 49.5 Å². The van der Waals surface area contributed by atoms with E-state index < -0.39 is 0 Å². The number of methoxy groups -OCH3 is 1. The lowest BCUT2D eigenvalue weighted by molar-refractivity contribution is -0.141. The number of hydrogen-bond acceptors (Lipinski definition) is 3. The summed E-state index contributed by atoms with van der Waals surface area (Å²) < 4.78 is 7.63. The molecule has 2 heterocycles. The Morgan fingerprint density at radius 1 is 1.28 bits per heavy atom. The summed E-state index contributed by atoms with van der Waals surface area (Å²) in [5.41, 5.74) is 2.96. The van der Waals surface area contributed by atoms with Crippen LogP contribution in [-0.2, 0) is 14.9 Å². The normalized spacial score (nSPS) is 19.6. The van der Waals surface area contributed by atoms with Gasteiger partial charge in [-0.1, -0.05) is 41.1 Å². The fourth-order valence-electron chi connectivity index (χ4n) is 3.87. The Bertz CT molecular complexity index is 811. The van der Waals surface area contributed by atoms with E-state index in [2.05, 4.69) is 28.9 Å². The second kappa shape index (κ2) is 7.16. The molecule has 0 unspecified atom stereocenters. The monoisotopic (exact) mass is 403 g/mol. The zero-order valence-corrected chi connectivity index (χ0v) is 16.1. The quantitative estimate of drug-likeness (QED) is 0.663. The largest absolute Gasteiger partial charge is 0.469 e. The maximum Gasteiger partial charge on any atom is 0.305 e. The third-order valence-corrected chi connectivity index (χ3v) is 6.04. The smallest absolute Gasteiger partial charge is 0.305 e. The van der Waals surface area contributed by atoms with Crippen LogP contribution in [0.5, 0.6) is 0 Å². The van der Waals surface area contributed by atoms with E-state index in [0.717, 1.165) is 34.1 Å². The predicted octanol–water partition coefficient (Wildman–Crippen LogP) is 4.95. The van der Waals surface area contributed by atoms with Gasteiger partial charge in [-0.15, -0.1) is 0 Å². The van der Waals surface area contributed by atoms with Crippen LogP contribution in [0.15, 0.2) is 41.0 Å².